The zero-order valence-electron chi connectivity index (χ0n) is 15.2. The highest BCUT2D eigenvalue weighted by Crippen LogP contribution is 2.21. The topological polar surface area (TPSA) is 99.5 Å². The van der Waals surface area contributed by atoms with Crippen LogP contribution in [0.5, 0.6) is 0 Å². The number of hydrogen-bond acceptors (Lipinski definition) is 7. The summed E-state index contributed by atoms with van der Waals surface area (Å²) in [5.74, 6) is -0.528. The van der Waals surface area contributed by atoms with Crippen molar-refractivity contribution in [3.8, 4) is 0 Å². The lowest BCUT2D eigenvalue weighted by Crippen LogP contribution is -2.29. The van der Waals surface area contributed by atoms with Crippen molar-refractivity contribution in [1.29, 1.82) is 0 Å². The summed E-state index contributed by atoms with van der Waals surface area (Å²) in [6.45, 7) is 1.07. The number of carbonyl (C=O) groups is 2. The van der Waals surface area contributed by atoms with Gasteiger partial charge in [0, 0.05) is 13.7 Å². The molecule has 1 aromatic carbocycles. The predicted molar refractivity (Wildman–Crippen MR) is 101 cm³/mol. The van der Waals surface area contributed by atoms with Crippen molar-refractivity contribution in [2.75, 3.05) is 26.5 Å². The Morgan fingerprint density at radius 1 is 1.44 bits per heavy atom. The van der Waals surface area contributed by atoms with Gasteiger partial charge in [0.25, 0.3) is 5.56 Å². The molecule has 2 aromatic rings. The van der Waals surface area contributed by atoms with Gasteiger partial charge in [-0.3, -0.25) is 14.2 Å². The Labute approximate surface area is 160 Å². The third kappa shape index (κ3) is 4.30. The van der Waals surface area contributed by atoms with Crippen molar-refractivity contribution < 1.29 is 19.1 Å². The second-order valence-corrected chi connectivity index (χ2v) is 7.07. The van der Waals surface area contributed by atoms with Gasteiger partial charge in [-0.2, -0.15) is 0 Å². The van der Waals surface area contributed by atoms with Gasteiger partial charge in [-0.15, -0.1) is 0 Å². The van der Waals surface area contributed by atoms with Gasteiger partial charge in [0.1, 0.15) is 0 Å². The van der Waals surface area contributed by atoms with Gasteiger partial charge >= 0.3 is 5.97 Å². The minimum absolute atomic E-state index is 0.0457. The molecule has 1 amide bonds. The highest BCUT2D eigenvalue weighted by molar-refractivity contribution is 7.99. The summed E-state index contributed by atoms with van der Waals surface area (Å²) in [5.41, 5.74) is 0.494. The van der Waals surface area contributed by atoms with Crippen LogP contribution in [0, 0.1) is 0 Å². The van der Waals surface area contributed by atoms with Gasteiger partial charge in [0.15, 0.2) is 5.16 Å². The van der Waals surface area contributed by atoms with Crippen LogP contribution in [0.25, 0.3) is 10.9 Å². The summed E-state index contributed by atoms with van der Waals surface area (Å²) in [4.78, 5) is 41.0. The van der Waals surface area contributed by atoms with Crippen LogP contribution < -0.4 is 10.9 Å². The molecule has 0 aliphatic carbocycles. The number of carbonyl (C=O) groups excluding carboxylic acids is 2. The second-order valence-electron chi connectivity index (χ2n) is 6.13. The summed E-state index contributed by atoms with van der Waals surface area (Å²) < 4.78 is 11.9. The van der Waals surface area contributed by atoms with E-state index in [9.17, 15) is 14.4 Å². The Morgan fingerprint density at radius 3 is 2.93 bits per heavy atom. The van der Waals surface area contributed by atoms with Crippen LogP contribution in [0.4, 0.5) is 0 Å². The van der Waals surface area contributed by atoms with Gasteiger partial charge in [-0.1, -0.05) is 11.8 Å². The first kappa shape index (κ1) is 19.4. The molecule has 1 aliphatic rings. The van der Waals surface area contributed by atoms with Crippen LogP contribution in [-0.4, -0.2) is 54.0 Å². The molecule has 1 saturated heterocycles. The average Bonchev–Trinajstić information content (AvgIpc) is 3.20. The molecular formula is C18H21N3O5S. The molecule has 0 radical (unpaired) electrons. The number of rotatable bonds is 6. The molecule has 1 aliphatic heterocycles. The summed E-state index contributed by atoms with van der Waals surface area (Å²) >= 11 is 1.18. The van der Waals surface area contributed by atoms with E-state index in [1.807, 2.05) is 0 Å². The maximum Gasteiger partial charge on any atom is 0.337 e. The molecule has 144 valence electrons. The fourth-order valence-corrected chi connectivity index (χ4v) is 3.79. The first-order valence-electron chi connectivity index (χ1n) is 8.61. The molecule has 0 spiro atoms. The van der Waals surface area contributed by atoms with Crippen LogP contribution in [-0.2, 0) is 20.8 Å². The number of thioether (sulfide) groups is 1. The first-order chi connectivity index (χ1) is 13.0. The SMILES string of the molecule is CNC(=O)CSc1nc2cc(C(=O)OC)ccc2c(=O)n1C[C@H]1CCCO1. The van der Waals surface area contributed by atoms with Gasteiger partial charge in [-0.05, 0) is 31.0 Å². The van der Waals surface area contributed by atoms with E-state index in [2.05, 4.69) is 10.3 Å². The molecule has 1 fully saturated rings. The minimum atomic E-state index is -0.498. The Kier molecular flexibility index (Phi) is 6.12. The van der Waals surface area contributed by atoms with Gasteiger partial charge in [0.05, 0.1) is 42.0 Å². The molecule has 9 heteroatoms. The van der Waals surface area contributed by atoms with E-state index in [0.29, 0.717) is 34.8 Å². The largest absolute Gasteiger partial charge is 0.465 e. The van der Waals surface area contributed by atoms with Crippen molar-refractivity contribution in [2.45, 2.75) is 30.6 Å². The van der Waals surface area contributed by atoms with E-state index in [1.54, 1.807) is 23.7 Å². The van der Waals surface area contributed by atoms with E-state index in [4.69, 9.17) is 9.47 Å². The standard InChI is InChI=1S/C18H21N3O5S/c1-19-15(22)10-27-18-20-14-8-11(17(24)25-2)5-6-13(14)16(23)21(18)9-12-4-3-7-26-12/h5-6,8,12H,3-4,7,9-10H2,1-2H3,(H,19,22)/t12-/m1/s1. The Morgan fingerprint density at radius 2 is 2.26 bits per heavy atom. The third-order valence-corrected chi connectivity index (χ3v) is 5.34. The van der Waals surface area contributed by atoms with Crippen LogP contribution in [0.2, 0.25) is 0 Å². The van der Waals surface area contributed by atoms with Crippen LogP contribution in [0.15, 0.2) is 28.2 Å². The van der Waals surface area contributed by atoms with E-state index in [1.165, 1.54) is 24.9 Å². The predicted octanol–water partition coefficient (Wildman–Crippen LogP) is 1.20. The number of methoxy groups -OCH3 is 1. The lowest BCUT2D eigenvalue weighted by molar-refractivity contribution is -0.118. The van der Waals surface area contributed by atoms with Gasteiger partial charge in [0.2, 0.25) is 5.91 Å². The number of nitrogens with one attached hydrogen (secondary N) is 1. The maximum absolute atomic E-state index is 13.0. The number of esters is 1. The fourth-order valence-electron chi connectivity index (χ4n) is 2.91. The zero-order chi connectivity index (χ0) is 19.4. The molecule has 27 heavy (non-hydrogen) atoms. The molecular weight excluding hydrogens is 370 g/mol. The minimum Gasteiger partial charge on any atom is -0.465 e. The van der Waals surface area contributed by atoms with Crippen molar-refractivity contribution in [2.24, 2.45) is 0 Å². The number of hydrogen-bond donors (Lipinski definition) is 1. The molecule has 1 atom stereocenters. The number of ether oxygens (including phenoxy) is 2. The molecule has 3 rings (SSSR count). The molecule has 2 heterocycles. The lowest BCUT2D eigenvalue weighted by Gasteiger charge is -2.16. The highest BCUT2D eigenvalue weighted by Gasteiger charge is 2.21. The first-order valence-corrected chi connectivity index (χ1v) is 9.60. The summed E-state index contributed by atoms with van der Waals surface area (Å²) in [6, 6.07) is 4.66. The smallest absolute Gasteiger partial charge is 0.337 e. The lowest BCUT2D eigenvalue weighted by atomic mass is 10.1. The molecule has 1 aromatic heterocycles. The number of fused-ring (bicyclic) bond motifs is 1. The number of amides is 1. The third-order valence-electron chi connectivity index (χ3n) is 4.36. The van der Waals surface area contributed by atoms with Gasteiger partial charge in [-0.25, -0.2) is 9.78 Å². The van der Waals surface area contributed by atoms with E-state index < -0.39 is 5.97 Å². The summed E-state index contributed by atoms with van der Waals surface area (Å²) in [5, 5.41) is 3.38. The maximum atomic E-state index is 13.0. The van der Waals surface area contributed by atoms with Gasteiger partial charge < -0.3 is 14.8 Å². The van der Waals surface area contributed by atoms with E-state index in [0.717, 1.165) is 12.8 Å². The Hall–Kier alpha value is -2.39. The van der Waals surface area contributed by atoms with Crippen molar-refractivity contribution in [1.82, 2.24) is 14.9 Å². The number of aromatic nitrogens is 2. The van der Waals surface area contributed by atoms with E-state index >= 15 is 0 Å². The monoisotopic (exact) mass is 391 g/mol. The van der Waals surface area contributed by atoms with Crippen LogP contribution in [0.3, 0.4) is 0 Å². The molecule has 0 bridgehead atoms. The van der Waals surface area contributed by atoms with Crippen molar-refractivity contribution in [3.05, 3.63) is 34.1 Å². The summed E-state index contributed by atoms with van der Waals surface area (Å²) in [6.07, 6.45) is 1.80. The normalized spacial score (nSPS) is 16.4. The zero-order valence-corrected chi connectivity index (χ0v) is 16.0. The molecule has 1 N–H and O–H groups in total. The molecule has 0 saturated carbocycles. The van der Waals surface area contributed by atoms with Crippen molar-refractivity contribution >= 4 is 34.5 Å². The molecule has 0 unspecified atom stereocenters. The Bertz CT molecular complexity index is 921. The van der Waals surface area contributed by atoms with Crippen molar-refractivity contribution in [3.63, 3.8) is 0 Å². The second kappa shape index (κ2) is 8.53. The Balaban J connectivity index is 2.05. The number of nitrogens with zero attached hydrogens (tertiary/aromatic N) is 2. The van der Waals surface area contributed by atoms with E-state index in [-0.39, 0.29) is 23.3 Å². The fraction of sp³-hybridized carbons (Fsp3) is 0.444. The molecule has 8 nitrogen and oxygen atoms in total. The summed E-state index contributed by atoms with van der Waals surface area (Å²) in [7, 11) is 2.85. The van der Waals surface area contributed by atoms with Crippen LogP contribution >= 0.6 is 11.8 Å². The number of benzene rings is 1. The highest BCUT2D eigenvalue weighted by atomic mass is 32.2. The quantitative estimate of drug-likeness (QED) is 0.449. The van der Waals surface area contributed by atoms with Crippen LogP contribution in [0.1, 0.15) is 23.2 Å². The average molecular weight is 391 g/mol.